The molecule has 1 N–H and O–H groups in total. The zero-order valence-corrected chi connectivity index (χ0v) is 17.5. The lowest BCUT2D eigenvalue weighted by molar-refractivity contribution is 0.359. The fourth-order valence-electron chi connectivity index (χ4n) is 3.21. The molecule has 1 aromatic carbocycles. The van der Waals surface area contributed by atoms with Gasteiger partial charge < -0.3 is 24.3 Å². The van der Waals surface area contributed by atoms with Crippen molar-refractivity contribution in [3.63, 3.8) is 0 Å². The van der Waals surface area contributed by atoms with Gasteiger partial charge in [0, 0.05) is 50.4 Å². The van der Waals surface area contributed by atoms with Gasteiger partial charge in [0.15, 0.2) is 5.96 Å². The summed E-state index contributed by atoms with van der Waals surface area (Å²) in [6.07, 6.45) is 1.81. The third-order valence-corrected chi connectivity index (χ3v) is 4.90. The van der Waals surface area contributed by atoms with E-state index in [0.717, 1.165) is 43.6 Å². The minimum absolute atomic E-state index is 0.0383. The van der Waals surface area contributed by atoms with E-state index in [2.05, 4.69) is 58.0 Å². The molecule has 1 aliphatic rings. The predicted molar refractivity (Wildman–Crippen MR) is 112 cm³/mol. The van der Waals surface area contributed by atoms with Crippen molar-refractivity contribution < 1.29 is 9.15 Å². The Hall–Kier alpha value is -2.70. The smallest absolute Gasteiger partial charge is 0.213 e. The fourth-order valence-corrected chi connectivity index (χ4v) is 3.21. The number of methoxy groups -OCH3 is 1. The van der Waals surface area contributed by atoms with Crippen LogP contribution in [0.15, 0.2) is 39.9 Å². The first kappa shape index (κ1) is 20.0. The SMILES string of the molecule is CN=C(NCc1ncc(C(C)(C)C)o1)N1CCN(c2cccc(OC)c2)CC1. The standard InChI is InChI=1S/C21H31N5O2/c1-21(2,3)18-14-23-19(28-18)15-24-20(22-4)26-11-9-25(10-12-26)16-7-6-8-17(13-16)27-5/h6-8,13-14H,9-12,15H2,1-5H3,(H,22,24). The van der Waals surface area contributed by atoms with E-state index < -0.39 is 0 Å². The number of ether oxygens (including phenoxy) is 1. The second kappa shape index (κ2) is 8.54. The van der Waals surface area contributed by atoms with Crippen LogP contribution in [0.2, 0.25) is 0 Å². The first-order chi connectivity index (χ1) is 13.4. The third-order valence-electron chi connectivity index (χ3n) is 4.90. The molecule has 7 nitrogen and oxygen atoms in total. The van der Waals surface area contributed by atoms with Crippen molar-refractivity contribution in [2.75, 3.05) is 45.2 Å². The van der Waals surface area contributed by atoms with Crippen molar-refractivity contribution in [3.8, 4) is 5.75 Å². The Labute approximate surface area is 167 Å². The summed E-state index contributed by atoms with van der Waals surface area (Å²) in [6.45, 7) is 10.5. The van der Waals surface area contributed by atoms with Crippen molar-refractivity contribution in [1.82, 2.24) is 15.2 Å². The molecule has 1 aromatic heterocycles. The largest absolute Gasteiger partial charge is 0.497 e. The molecule has 152 valence electrons. The van der Waals surface area contributed by atoms with Crippen molar-refractivity contribution in [1.29, 1.82) is 0 Å². The highest BCUT2D eigenvalue weighted by Crippen LogP contribution is 2.23. The van der Waals surface area contributed by atoms with Crippen molar-refractivity contribution >= 4 is 11.6 Å². The topological polar surface area (TPSA) is 66.1 Å². The highest BCUT2D eigenvalue weighted by atomic mass is 16.5. The molecule has 0 aliphatic carbocycles. The molecule has 2 aromatic rings. The first-order valence-corrected chi connectivity index (χ1v) is 9.70. The van der Waals surface area contributed by atoms with E-state index in [1.54, 1.807) is 7.11 Å². The average Bonchev–Trinajstić information content (AvgIpc) is 3.18. The van der Waals surface area contributed by atoms with Crippen LogP contribution < -0.4 is 15.0 Å². The summed E-state index contributed by atoms with van der Waals surface area (Å²) in [5, 5.41) is 3.37. The monoisotopic (exact) mass is 385 g/mol. The summed E-state index contributed by atoms with van der Waals surface area (Å²) in [4.78, 5) is 13.4. The number of aromatic nitrogens is 1. The van der Waals surface area contributed by atoms with Gasteiger partial charge in [-0.2, -0.15) is 0 Å². The number of hydrogen-bond donors (Lipinski definition) is 1. The molecule has 0 unspecified atom stereocenters. The number of oxazole rings is 1. The maximum Gasteiger partial charge on any atom is 0.213 e. The minimum atomic E-state index is -0.0383. The minimum Gasteiger partial charge on any atom is -0.497 e. The van der Waals surface area contributed by atoms with Crippen LogP contribution in [-0.4, -0.2) is 56.2 Å². The van der Waals surface area contributed by atoms with Gasteiger partial charge in [0.25, 0.3) is 0 Å². The van der Waals surface area contributed by atoms with Gasteiger partial charge in [0.05, 0.1) is 19.9 Å². The number of rotatable bonds is 4. The molecule has 1 fully saturated rings. The Kier molecular flexibility index (Phi) is 6.11. The van der Waals surface area contributed by atoms with Gasteiger partial charge >= 0.3 is 0 Å². The zero-order valence-electron chi connectivity index (χ0n) is 17.5. The van der Waals surface area contributed by atoms with Crippen LogP contribution in [0.1, 0.15) is 32.4 Å². The normalized spacial score (nSPS) is 15.7. The number of guanidine groups is 1. The number of hydrogen-bond acceptors (Lipinski definition) is 5. The molecule has 0 atom stereocenters. The summed E-state index contributed by atoms with van der Waals surface area (Å²) in [5.74, 6) is 3.34. The van der Waals surface area contributed by atoms with E-state index in [1.165, 1.54) is 5.69 Å². The molecule has 28 heavy (non-hydrogen) atoms. The average molecular weight is 386 g/mol. The quantitative estimate of drug-likeness (QED) is 0.645. The number of benzene rings is 1. The van der Waals surface area contributed by atoms with Crippen LogP contribution >= 0.6 is 0 Å². The third kappa shape index (κ3) is 4.77. The van der Waals surface area contributed by atoms with Crippen LogP contribution in [0.5, 0.6) is 5.75 Å². The van der Waals surface area contributed by atoms with Gasteiger partial charge in [-0.1, -0.05) is 26.8 Å². The second-order valence-corrected chi connectivity index (χ2v) is 7.94. The van der Waals surface area contributed by atoms with Gasteiger partial charge in [-0.3, -0.25) is 4.99 Å². The van der Waals surface area contributed by atoms with Crippen LogP contribution in [0.3, 0.4) is 0 Å². The number of aliphatic imine (C=N–C) groups is 1. The predicted octanol–water partition coefficient (Wildman–Crippen LogP) is 2.88. The van der Waals surface area contributed by atoms with Crippen LogP contribution in [0, 0.1) is 0 Å². The number of anilines is 1. The highest BCUT2D eigenvalue weighted by molar-refractivity contribution is 5.80. The lowest BCUT2D eigenvalue weighted by Crippen LogP contribution is -2.52. The maximum absolute atomic E-state index is 5.86. The van der Waals surface area contributed by atoms with E-state index in [1.807, 2.05) is 25.4 Å². The zero-order chi connectivity index (χ0) is 20.1. The maximum atomic E-state index is 5.86. The summed E-state index contributed by atoms with van der Waals surface area (Å²) < 4.78 is 11.2. The number of piperazine rings is 1. The second-order valence-electron chi connectivity index (χ2n) is 7.94. The lowest BCUT2D eigenvalue weighted by atomic mass is 9.94. The van der Waals surface area contributed by atoms with Gasteiger partial charge in [-0.05, 0) is 12.1 Å². The lowest BCUT2D eigenvalue weighted by Gasteiger charge is -2.37. The van der Waals surface area contributed by atoms with Crippen molar-refractivity contribution in [2.24, 2.45) is 4.99 Å². The Morgan fingerprint density at radius 2 is 2.00 bits per heavy atom. The summed E-state index contributed by atoms with van der Waals surface area (Å²) in [7, 11) is 3.51. The van der Waals surface area contributed by atoms with E-state index in [-0.39, 0.29) is 5.41 Å². The molecule has 0 saturated carbocycles. The Bertz CT molecular complexity index is 801. The van der Waals surface area contributed by atoms with E-state index in [0.29, 0.717) is 12.4 Å². The first-order valence-electron chi connectivity index (χ1n) is 9.70. The van der Waals surface area contributed by atoms with E-state index >= 15 is 0 Å². The summed E-state index contributed by atoms with van der Waals surface area (Å²) in [6, 6.07) is 8.21. The van der Waals surface area contributed by atoms with Crippen molar-refractivity contribution in [2.45, 2.75) is 32.7 Å². The van der Waals surface area contributed by atoms with Gasteiger partial charge in [0.1, 0.15) is 11.5 Å². The molecule has 2 heterocycles. The van der Waals surface area contributed by atoms with E-state index in [4.69, 9.17) is 9.15 Å². The Morgan fingerprint density at radius 3 is 2.61 bits per heavy atom. The molecule has 3 rings (SSSR count). The molecular formula is C21H31N5O2. The highest BCUT2D eigenvalue weighted by Gasteiger charge is 2.22. The summed E-state index contributed by atoms with van der Waals surface area (Å²) >= 11 is 0. The number of nitrogens with zero attached hydrogens (tertiary/aromatic N) is 4. The molecule has 1 saturated heterocycles. The molecule has 1 aliphatic heterocycles. The van der Waals surface area contributed by atoms with Crippen LogP contribution in [0.4, 0.5) is 5.69 Å². The Morgan fingerprint density at radius 1 is 1.25 bits per heavy atom. The van der Waals surface area contributed by atoms with Gasteiger partial charge in [0.2, 0.25) is 5.89 Å². The van der Waals surface area contributed by atoms with Gasteiger partial charge in [-0.15, -0.1) is 0 Å². The van der Waals surface area contributed by atoms with E-state index in [9.17, 15) is 0 Å². The van der Waals surface area contributed by atoms with Crippen LogP contribution in [0.25, 0.3) is 0 Å². The fraction of sp³-hybridized carbons (Fsp3) is 0.524. The molecule has 0 spiro atoms. The van der Waals surface area contributed by atoms with Crippen molar-refractivity contribution in [3.05, 3.63) is 42.1 Å². The Balaban J connectivity index is 1.54. The number of nitrogens with one attached hydrogen (secondary N) is 1. The van der Waals surface area contributed by atoms with Crippen LogP contribution in [-0.2, 0) is 12.0 Å². The molecule has 7 heteroatoms. The molecule has 0 radical (unpaired) electrons. The molecule has 0 amide bonds. The molecular weight excluding hydrogens is 354 g/mol. The molecule has 0 bridgehead atoms. The van der Waals surface area contributed by atoms with Gasteiger partial charge in [-0.25, -0.2) is 4.98 Å². The summed E-state index contributed by atoms with van der Waals surface area (Å²) in [5.41, 5.74) is 1.15.